The first-order valence-electron chi connectivity index (χ1n) is 11.2. The lowest BCUT2D eigenvalue weighted by molar-refractivity contribution is -0.112. The molecule has 0 bridgehead atoms. The van der Waals surface area contributed by atoms with Crippen LogP contribution in [-0.2, 0) is 4.79 Å². The third-order valence-corrected chi connectivity index (χ3v) is 6.13. The van der Waals surface area contributed by atoms with Crippen LogP contribution in [0.2, 0.25) is 0 Å². The minimum Gasteiger partial charge on any atom is -0.506 e. The first-order valence-corrected chi connectivity index (χ1v) is 11.2. The van der Waals surface area contributed by atoms with Gasteiger partial charge >= 0.3 is 0 Å². The van der Waals surface area contributed by atoms with Crippen molar-refractivity contribution in [2.24, 2.45) is 11.3 Å². The van der Waals surface area contributed by atoms with Gasteiger partial charge in [0.15, 0.2) is 0 Å². The summed E-state index contributed by atoms with van der Waals surface area (Å²) in [6.45, 7) is 13.2. The molecule has 1 atom stereocenters. The van der Waals surface area contributed by atoms with E-state index in [4.69, 9.17) is 0 Å². The van der Waals surface area contributed by atoms with Gasteiger partial charge in [-0.05, 0) is 74.6 Å². The number of hydrogen-bond acceptors (Lipinski definition) is 2. The molecule has 0 radical (unpaired) electrons. The van der Waals surface area contributed by atoms with Crippen molar-refractivity contribution in [1.82, 2.24) is 0 Å². The smallest absolute Gasteiger partial charge is 0.248 e. The molecule has 3 nitrogen and oxygen atoms in total. The van der Waals surface area contributed by atoms with Gasteiger partial charge in [0.2, 0.25) is 5.91 Å². The van der Waals surface area contributed by atoms with E-state index >= 15 is 0 Å². The Hall–Kier alpha value is -2.81. The molecule has 0 aliphatic heterocycles. The third kappa shape index (κ3) is 7.13. The number of amides is 1. The lowest BCUT2D eigenvalue weighted by Gasteiger charge is -2.37. The van der Waals surface area contributed by atoms with E-state index in [0.717, 1.165) is 11.1 Å². The molecule has 3 heteroatoms. The molecule has 2 rings (SSSR count). The summed E-state index contributed by atoms with van der Waals surface area (Å²) in [4.78, 5) is 12.1. The van der Waals surface area contributed by atoms with Crippen LogP contribution in [0.1, 0.15) is 60.8 Å². The molecule has 0 spiro atoms. The van der Waals surface area contributed by atoms with Gasteiger partial charge in [-0.2, -0.15) is 0 Å². The molecule has 0 heterocycles. The number of carbonyl (C=O) groups excluding carboxylic acids is 1. The Bertz CT molecular complexity index is 942. The van der Waals surface area contributed by atoms with Crippen molar-refractivity contribution >= 4 is 11.6 Å². The fraction of sp³-hybridized carbons (Fsp3) is 0.393. The van der Waals surface area contributed by atoms with Gasteiger partial charge in [0.05, 0.1) is 5.69 Å². The number of phenolic OH excluding ortho intramolecular Hbond substituents is 1. The molecule has 31 heavy (non-hydrogen) atoms. The molecular weight excluding hydrogens is 382 g/mol. The van der Waals surface area contributed by atoms with Gasteiger partial charge in [-0.25, -0.2) is 0 Å². The van der Waals surface area contributed by atoms with Crippen LogP contribution in [-0.4, -0.2) is 11.0 Å². The zero-order valence-electron chi connectivity index (χ0n) is 19.8. The standard InChI is InChI=1S/C28H37NO2/c1-7-23-17-18-28(5,6)24(22(23)4)16-15-20(2)11-10-12-21(3)19-27(31)29-25-13-8-9-14-26(25)30/h8-16,19,23,30H,7,17-18H2,1-6H3,(H,29,31)/b12-10+,16-15+,20-11+,21-19+. The lowest BCUT2D eigenvalue weighted by Crippen LogP contribution is -2.24. The van der Waals surface area contributed by atoms with Crippen LogP contribution in [0.15, 0.2) is 83.0 Å². The zero-order valence-corrected chi connectivity index (χ0v) is 19.8. The molecule has 0 saturated heterocycles. The number of phenols is 1. The van der Waals surface area contributed by atoms with Gasteiger partial charge in [-0.3, -0.25) is 4.79 Å². The van der Waals surface area contributed by atoms with E-state index in [1.807, 2.05) is 19.1 Å². The minimum absolute atomic E-state index is 0.0551. The van der Waals surface area contributed by atoms with Crippen molar-refractivity contribution in [2.45, 2.75) is 60.8 Å². The SMILES string of the molecule is CCC1CCC(C)(C)C(/C=C/C(C)=C/C=C/C(C)=C/C(=O)Nc2ccccc2O)=C1C. The average molecular weight is 420 g/mol. The van der Waals surface area contributed by atoms with Gasteiger partial charge < -0.3 is 10.4 Å². The van der Waals surface area contributed by atoms with E-state index in [2.05, 4.69) is 58.2 Å². The van der Waals surface area contributed by atoms with E-state index in [9.17, 15) is 9.90 Å². The number of allylic oxidation sites excluding steroid dienone is 9. The number of hydrogen-bond donors (Lipinski definition) is 2. The van der Waals surface area contributed by atoms with Gasteiger partial charge in [-0.15, -0.1) is 0 Å². The average Bonchev–Trinajstić information content (AvgIpc) is 2.69. The van der Waals surface area contributed by atoms with E-state index < -0.39 is 0 Å². The highest BCUT2D eigenvalue weighted by Gasteiger charge is 2.30. The number of anilines is 1. The molecule has 1 amide bonds. The van der Waals surface area contributed by atoms with E-state index in [-0.39, 0.29) is 17.1 Å². The Kier molecular flexibility index (Phi) is 8.67. The second kappa shape index (κ2) is 11.0. The number of rotatable bonds is 7. The Morgan fingerprint density at radius 3 is 2.58 bits per heavy atom. The highest BCUT2D eigenvalue weighted by Crippen LogP contribution is 2.44. The van der Waals surface area contributed by atoms with Gasteiger partial charge in [0.25, 0.3) is 0 Å². The lowest BCUT2D eigenvalue weighted by atomic mass is 9.68. The topological polar surface area (TPSA) is 49.3 Å². The van der Waals surface area contributed by atoms with Gasteiger partial charge in [-0.1, -0.05) is 74.4 Å². The molecule has 2 N–H and O–H groups in total. The molecule has 1 aromatic carbocycles. The van der Waals surface area contributed by atoms with E-state index in [1.54, 1.807) is 24.3 Å². The Morgan fingerprint density at radius 1 is 1.19 bits per heavy atom. The summed E-state index contributed by atoms with van der Waals surface area (Å²) >= 11 is 0. The van der Waals surface area contributed by atoms with Crippen LogP contribution >= 0.6 is 0 Å². The molecule has 1 aliphatic carbocycles. The summed E-state index contributed by atoms with van der Waals surface area (Å²) < 4.78 is 0. The van der Waals surface area contributed by atoms with Crippen molar-refractivity contribution in [3.63, 3.8) is 0 Å². The Morgan fingerprint density at radius 2 is 1.90 bits per heavy atom. The maximum absolute atomic E-state index is 12.1. The van der Waals surface area contributed by atoms with Crippen LogP contribution < -0.4 is 5.32 Å². The van der Waals surface area contributed by atoms with Crippen molar-refractivity contribution in [2.75, 3.05) is 5.32 Å². The molecule has 0 aromatic heterocycles. The largest absolute Gasteiger partial charge is 0.506 e. The second-order valence-electron chi connectivity index (χ2n) is 9.12. The third-order valence-electron chi connectivity index (χ3n) is 6.13. The predicted octanol–water partition coefficient (Wildman–Crippen LogP) is 7.50. The monoisotopic (exact) mass is 419 g/mol. The molecular formula is C28H37NO2. The number of aromatic hydroxyl groups is 1. The number of carbonyl (C=O) groups is 1. The van der Waals surface area contributed by atoms with Crippen LogP contribution in [0.4, 0.5) is 5.69 Å². The summed E-state index contributed by atoms with van der Waals surface area (Å²) in [6, 6.07) is 6.69. The number of benzene rings is 1. The molecule has 1 aromatic rings. The minimum atomic E-state index is -0.267. The molecule has 0 fully saturated rings. The van der Waals surface area contributed by atoms with Gasteiger partial charge in [0, 0.05) is 6.08 Å². The molecule has 1 aliphatic rings. The van der Waals surface area contributed by atoms with Crippen LogP contribution in [0.25, 0.3) is 0 Å². The summed E-state index contributed by atoms with van der Waals surface area (Å²) in [5.74, 6) is 0.491. The Balaban J connectivity index is 2.03. The van der Waals surface area contributed by atoms with Crippen molar-refractivity contribution in [3.05, 3.63) is 83.0 Å². The van der Waals surface area contributed by atoms with E-state index in [0.29, 0.717) is 11.6 Å². The van der Waals surface area contributed by atoms with Crippen LogP contribution in [0.5, 0.6) is 5.75 Å². The molecule has 166 valence electrons. The maximum atomic E-state index is 12.1. The summed E-state index contributed by atoms with van der Waals surface area (Å²) in [5.41, 5.74) is 5.63. The number of para-hydroxylation sites is 2. The highest BCUT2D eigenvalue weighted by atomic mass is 16.3. The normalized spacial score (nSPS) is 20.0. The number of nitrogens with one attached hydrogen (secondary N) is 1. The summed E-state index contributed by atoms with van der Waals surface area (Å²) in [5, 5.41) is 12.4. The van der Waals surface area contributed by atoms with E-state index in [1.165, 1.54) is 36.5 Å². The summed E-state index contributed by atoms with van der Waals surface area (Å²) in [7, 11) is 0. The highest BCUT2D eigenvalue weighted by molar-refractivity contribution is 6.00. The van der Waals surface area contributed by atoms with Crippen molar-refractivity contribution < 1.29 is 9.90 Å². The quantitative estimate of drug-likeness (QED) is 0.273. The first-order chi connectivity index (χ1) is 14.6. The maximum Gasteiger partial charge on any atom is 0.248 e. The van der Waals surface area contributed by atoms with Crippen molar-refractivity contribution in [3.8, 4) is 5.75 Å². The summed E-state index contributed by atoms with van der Waals surface area (Å²) in [6.07, 6.45) is 15.6. The fourth-order valence-corrected chi connectivity index (χ4v) is 4.13. The molecule has 1 unspecified atom stereocenters. The van der Waals surface area contributed by atoms with Crippen molar-refractivity contribution in [1.29, 1.82) is 0 Å². The second-order valence-corrected chi connectivity index (χ2v) is 9.12. The Labute approximate surface area is 188 Å². The van der Waals surface area contributed by atoms with Gasteiger partial charge in [0.1, 0.15) is 5.75 Å². The van der Waals surface area contributed by atoms with Crippen LogP contribution in [0, 0.1) is 11.3 Å². The fourth-order valence-electron chi connectivity index (χ4n) is 4.13. The zero-order chi connectivity index (χ0) is 23.0. The van der Waals surface area contributed by atoms with Crippen LogP contribution in [0.3, 0.4) is 0 Å². The predicted molar refractivity (Wildman–Crippen MR) is 132 cm³/mol. The molecule has 0 saturated carbocycles. The first kappa shape index (κ1) is 24.5.